The smallest absolute Gasteiger partial charge is 0.374 e. The predicted octanol–water partition coefficient (Wildman–Crippen LogP) is 8.19. The van der Waals surface area contributed by atoms with Crippen LogP contribution in [0.2, 0.25) is 0 Å². The maximum absolute atomic E-state index is 13.9. The van der Waals surface area contributed by atoms with Gasteiger partial charge in [-0.25, -0.2) is 0 Å². The second-order valence-corrected chi connectivity index (χ2v) is 11.4. The lowest BCUT2D eigenvalue weighted by atomic mass is 9.97. The number of ether oxygens (including phenoxy) is 6. The third kappa shape index (κ3) is 10.9. The van der Waals surface area contributed by atoms with Crippen molar-refractivity contribution in [3.05, 3.63) is 144 Å². The molecule has 0 aromatic heterocycles. The quantitative estimate of drug-likeness (QED) is 0.117. The molecule has 0 spiro atoms. The van der Waals surface area contributed by atoms with E-state index >= 15 is 0 Å². The van der Waals surface area contributed by atoms with Gasteiger partial charge in [0.25, 0.3) is 6.10 Å². The molecule has 0 N–H and O–H groups in total. The topological polar surface area (TPSA) is 55.4 Å². The van der Waals surface area contributed by atoms with Gasteiger partial charge >= 0.3 is 12.4 Å². The Bertz CT molecular complexity index is 1490. The number of benzene rings is 4. The Morgan fingerprint density at radius 3 is 1.27 bits per heavy atom. The Hall–Kier alpha value is -3.78. The van der Waals surface area contributed by atoms with Gasteiger partial charge in [-0.3, -0.25) is 0 Å². The molecule has 1 heterocycles. The average molecular weight is 691 g/mol. The van der Waals surface area contributed by atoms with Crippen molar-refractivity contribution in [2.45, 2.75) is 75.6 Å². The standard InChI is InChI=1S/C37H36F6O6/c38-36(39,40)35(37(41,42)43)49-34-33(47-24-29-19-11-4-12-20-29)32(46-23-28-17-9-3-10-18-28)31(45-22-27-15-7-2-8-16-27)30(48-34)25-44-21-26-13-5-1-6-14-26/h1-20,30-35H,21-25H2/t30-,31-,32+,33-,34-/m1/s1. The van der Waals surface area contributed by atoms with Gasteiger partial charge in [0.1, 0.15) is 24.4 Å². The minimum Gasteiger partial charge on any atom is -0.374 e. The van der Waals surface area contributed by atoms with E-state index in [1.807, 2.05) is 60.7 Å². The number of hydrogen-bond donors (Lipinski definition) is 0. The molecule has 0 saturated carbocycles. The zero-order valence-corrected chi connectivity index (χ0v) is 26.3. The molecule has 12 heteroatoms. The minimum absolute atomic E-state index is 0.0277. The van der Waals surface area contributed by atoms with Crippen molar-refractivity contribution < 1.29 is 54.8 Å². The Kier molecular flexibility index (Phi) is 12.8. The fourth-order valence-electron chi connectivity index (χ4n) is 5.33. The van der Waals surface area contributed by atoms with E-state index < -0.39 is 49.2 Å². The van der Waals surface area contributed by atoms with Gasteiger partial charge in [0, 0.05) is 0 Å². The molecule has 0 radical (unpaired) electrons. The van der Waals surface area contributed by atoms with Crippen LogP contribution in [-0.2, 0) is 54.8 Å². The van der Waals surface area contributed by atoms with Gasteiger partial charge in [-0.1, -0.05) is 121 Å². The van der Waals surface area contributed by atoms with E-state index in [2.05, 4.69) is 0 Å². The first kappa shape index (κ1) is 36.5. The highest BCUT2D eigenvalue weighted by Gasteiger charge is 2.61. The molecule has 4 aromatic carbocycles. The number of rotatable bonds is 15. The van der Waals surface area contributed by atoms with Gasteiger partial charge in [0.15, 0.2) is 6.29 Å². The molecule has 1 fully saturated rings. The molecule has 1 aliphatic rings. The average Bonchev–Trinajstić information content (AvgIpc) is 3.09. The zero-order chi connectivity index (χ0) is 34.7. The third-order valence-corrected chi connectivity index (χ3v) is 7.71. The second kappa shape index (κ2) is 17.2. The molecule has 5 atom stereocenters. The third-order valence-electron chi connectivity index (χ3n) is 7.71. The van der Waals surface area contributed by atoms with Crippen molar-refractivity contribution in [3.8, 4) is 0 Å². The van der Waals surface area contributed by atoms with Crippen LogP contribution in [0.3, 0.4) is 0 Å². The largest absolute Gasteiger partial charge is 0.423 e. The van der Waals surface area contributed by atoms with Crippen LogP contribution in [0, 0.1) is 0 Å². The van der Waals surface area contributed by atoms with Gasteiger partial charge in [-0.05, 0) is 22.3 Å². The molecule has 0 unspecified atom stereocenters. The molecule has 1 aliphatic heterocycles. The van der Waals surface area contributed by atoms with Gasteiger partial charge in [0.05, 0.1) is 33.0 Å². The molecule has 0 aliphatic carbocycles. The molecule has 0 amide bonds. The molecule has 5 rings (SSSR count). The Morgan fingerprint density at radius 2 is 0.857 bits per heavy atom. The molecule has 49 heavy (non-hydrogen) atoms. The van der Waals surface area contributed by atoms with Crippen molar-refractivity contribution in [1.29, 1.82) is 0 Å². The summed E-state index contributed by atoms with van der Waals surface area (Å²) >= 11 is 0. The number of hydrogen-bond acceptors (Lipinski definition) is 6. The summed E-state index contributed by atoms with van der Waals surface area (Å²) in [6.07, 6.45) is -23.1. The highest BCUT2D eigenvalue weighted by Crippen LogP contribution is 2.40. The Labute approximate surface area is 280 Å². The summed E-state index contributed by atoms with van der Waals surface area (Å²) in [4.78, 5) is 0. The molecule has 0 bridgehead atoms. The molecule has 4 aromatic rings. The number of alkyl halides is 6. The lowest BCUT2D eigenvalue weighted by molar-refractivity contribution is -0.394. The van der Waals surface area contributed by atoms with Gasteiger partial charge < -0.3 is 28.4 Å². The van der Waals surface area contributed by atoms with Crippen LogP contribution < -0.4 is 0 Å². The summed E-state index contributed by atoms with van der Waals surface area (Å²) in [6.45, 7) is -0.403. The van der Waals surface area contributed by atoms with E-state index in [1.165, 1.54) is 0 Å². The van der Waals surface area contributed by atoms with Crippen LogP contribution in [0.25, 0.3) is 0 Å². The summed E-state index contributed by atoms with van der Waals surface area (Å²) in [5, 5.41) is 0. The minimum atomic E-state index is -5.80. The monoisotopic (exact) mass is 690 g/mol. The maximum atomic E-state index is 13.9. The molecule has 262 valence electrons. The summed E-state index contributed by atoms with van der Waals surface area (Å²) in [6, 6.07) is 35.7. The van der Waals surface area contributed by atoms with Gasteiger partial charge in [-0.15, -0.1) is 0 Å². The van der Waals surface area contributed by atoms with Crippen LogP contribution in [0.15, 0.2) is 121 Å². The Morgan fingerprint density at radius 1 is 0.490 bits per heavy atom. The van der Waals surface area contributed by atoms with Crippen molar-refractivity contribution in [2.24, 2.45) is 0 Å². The highest BCUT2D eigenvalue weighted by molar-refractivity contribution is 5.16. The SMILES string of the molecule is FC(F)(F)C(O[C@H]1O[C@H](COCc2ccccc2)[C@@H](OCc2ccccc2)[C@H](OCc2ccccc2)[C@H]1OCc1ccccc1)C(F)(F)F. The lowest BCUT2D eigenvalue weighted by Crippen LogP contribution is -2.63. The normalized spacial score (nSPS) is 21.6. The van der Waals surface area contributed by atoms with E-state index in [0.29, 0.717) is 11.1 Å². The first-order valence-corrected chi connectivity index (χ1v) is 15.6. The highest BCUT2D eigenvalue weighted by atomic mass is 19.4. The Balaban J connectivity index is 1.51. The van der Waals surface area contributed by atoms with Crippen LogP contribution in [0.1, 0.15) is 22.3 Å². The van der Waals surface area contributed by atoms with E-state index in [1.54, 1.807) is 60.7 Å². The summed E-state index contributed by atoms with van der Waals surface area (Å²) < 4.78 is 119. The van der Waals surface area contributed by atoms with Crippen LogP contribution in [0.5, 0.6) is 0 Å². The van der Waals surface area contributed by atoms with Crippen molar-refractivity contribution >= 4 is 0 Å². The van der Waals surface area contributed by atoms with Crippen molar-refractivity contribution in [2.75, 3.05) is 6.61 Å². The van der Waals surface area contributed by atoms with Crippen LogP contribution in [-0.4, -0.2) is 55.8 Å². The van der Waals surface area contributed by atoms with E-state index in [-0.39, 0.29) is 33.0 Å². The van der Waals surface area contributed by atoms with Crippen molar-refractivity contribution in [3.63, 3.8) is 0 Å². The van der Waals surface area contributed by atoms with Gasteiger partial charge in [-0.2, -0.15) is 26.3 Å². The summed E-state index contributed by atoms with van der Waals surface area (Å²) in [5.41, 5.74) is 2.88. The first-order chi connectivity index (χ1) is 23.6. The molecular weight excluding hydrogens is 654 g/mol. The summed E-state index contributed by atoms with van der Waals surface area (Å²) in [5.74, 6) is 0. The maximum Gasteiger partial charge on any atom is 0.423 e. The fourth-order valence-corrected chi connectivity index (χ4v) is 5.33. The van der Waals surface area contributed by atoms with E-state index in [0.717, 1.165) is 11.1 Å². The van der Waals surface area contributed by atoms with E-state index in [9.17, 15) is 26.3 Å². The fraction of sp³-hybridized carbons (Fsp3) is 0.351. The van der Waals surface area contributed by atoms with E-state index in [4.69, 9.17) is 28.4 Å². The lowest BCUT2D eigenvalue weighted by Gasteiger charge is -2.46. The molecule has 1 saturated heterocycles. The summed E-state index contributed by atoms with van der Waals surface area (Å²) in [7, 11) is 0. The molecular formula is C37H36F6O6. The predicted molar refractivity (Wildman–Crippen MR) is 167 cm³/mol. The zero-order valence-electron chi connectivity index (χ0n) is 26.3. The van der Waals surface area contributed by atoms with Crippen LogP contribution >= 0.6 is 0 Å². The second-order valence-electron chi connectivity index (χ2n) is 11.4. The first-order valence-electron chi connectivity index (χ1n) is 15.6. The molecule has 6 nitrogen and oxygen atoms in total. The van der Waals surface area contributed by atoms with Gasteiger partial charge in [0.2, 0.25) is 0 Å². The van der Waals surface area contributed by atoms with Crippen molar-refractivity contribution in [1.82, 2.24) is 0 Å². The number of halogens is 6. The van der Waals surface area contributed by atoms with Crippen LogP contribution in [0.4, 0.5) is 26.3 Å².